The lowest BCUT2D eigenvalue weighted by atomic mass is 10.2. The van der Waals surface area contributed by atoms with Gasteiger partial charge in [-0.05, 0) is 19.1 Å². The van der Waals surface area contributed by atoms with Crippen LogP contribution in [-0.4, -0.2) is 48.5 Å². The lowest BCUT2D eigenvalue weighted by molar-refractivity contribution is 0.415. The first-order chi connectivity index (χ1) is 13.8. The zero-order valence-corrected chi connectivity index (χ0v) is 17.5. The van der Waals surface area contributed by atoms with Crippen LogP contribution in [0.15, 0.2) is 36.7 Å². The minimum absolute atomic E-state index is 0.274. The average Bonchev–Trinajstić information content (AvgIpc) is 3.19. The Balaban J connectivity index is 1.98. The van der Waals surface area contributed by atoms with Gasteiger partial charge in [-0.3, -0.25) is 14.7 Å². The number of H-pyrrole nitrogens is 1. The number of sulfonamides is 1. The summed E-state index contributed by atoms with van der Waals surface area (Å²) in [6, 6.07) is 6.71. The summed E-state index contributed by atoms with van der Waals surface area (Å²) in [6.07, 6.45) is 4.17. The first-order valence-electron chi connectivity index (χ1n) is 8.53. The minimum Gasteiger partial charge on any atom is -0.497 e. The number of hydrogen-bond donors (Lipinski definition) is 3. The van der Waals surface area contributed by atoms with Gasteiger partial charge in [-0.15, -0.1) is 0 Å². The van der Waals surface area contributed by atoms with Crippen molar-refractivity contribution in [1.29, 1.82) is 0 Å². The Kier molecular flexibility index (Phi) is 6.09. The van der Waals surface area contributed by atoms with Crippen molar-refractivity contribution >= 4 is 50.6 Å². The molecule has 0 fully saturated rings. The summed E-state index contributed by atoms with van der Waals surface area (Å²) in [5.74, 6) is 1.93. The van der Waals surface area contributed by atoms with Crippen molar-refractivity contribution in [2.24, 2.45) is 0 Å². The molecule has 0 aliphatic rings. The van der Waals surface area contributed by atoms with Gasteiger partial charge in [0.25, 0.3) is 0 Å². The molecule has 0 aliphatic heterocycles. The van der Waals surface area contributed by atoms with Crippen molar-refractivity contribution < 1.29 is 13.2 Å². The van der Waals surface area contributed by atoms with Gasteiger partial charge in [0, 0.05) is 18.7 Å². The highest BCUT2D eigenvalue weighted by Crippen LogP contribution is 2.33. The van der Waals surface area contributed by atoms with E-state index in [2.05, 4.69) is 30.2 Å². The predicted octanol–water partition coefficient (Wildman–Crippen LogP) is 3.13. The van der Waals surface area contributed by atoms with Crippen LogP contribution >= 0.6 is 11.6 Å². The standard InChI is InChI=1S/C17H20ClN7O3S/c1-4-25(15-7-8-20-23-15)17-19-10-12(18)16(22-17)21-13-6-5-11(28-2)9-14(13)24-29(3,26)27/h5-10,24H,4H2,1-3H3,(H,20,23)(H,19,21,22). The molecule has 3 rings (SSSR count). The number of aromatic amines is 1. The van der Waals surface area contributed by atoms with Gasteiger partial charge in [0.1, 0.15) is 16.6 Å². The van der Waals surface area contributed by atoms with E-state index in [1.807, 2.05) is 11.8 Å². The molecule has 10 nitrogen and oxygen atoms in total. The summed E-state index contributed by atoms with van der Waals surface area (Å²) in [6.45, 7) is 2.54. The third kappa shape index (κ3) is 5.06. The Morgan fingerprint density at radius 1 is 1.28 bits per heavy atom. The van der Waals surface area contributed by atoms with Crippen molar-refractivity contribution in [3.63, 3.8) is 0 Å². The molecule has 0 atom stereocenters. The zero-order chi connectivity index (χ0) is 21.0. The molecule has 29 heavy (non-hydrogen) atoms. The monoisotopic (exact) mass is 437 g/mol. The Bertz CT molecular complexity index is 1090. The quantitative estimate of drug-likeness (QED) is 0.490. The topological polar surface area (TPSA) is 125 Å². The minimum atomic E-state index is -3.51. The van der Waals surface area contributed by atoms with E-state index in [0.29, 0.717) is 35.4 Å². The van der Waals surface area contributed by atoms with E-state index in [0.717, 1.165) is 12.1 Å². The average molecular weight is 438 g/mol. The number of benzene rings is 1. The number of anilines is 5. The molecule has 0 amide bonds. The fraction of sp³-hybridized carbons (Fsp3) is 0.235. The van der Waals surface area contributed by atoms with Crippen molar-refractivity contribution in [3.8, 4) is 5.75 Å². The molecule has 0 radical (unpaired) electrons. The van der Waals surface area contributed by atoms with Gasteiger partial charge < -0.3 is 10.1 Å². The zero-order valence-electron chi connectivity index (χ0n) is 16.0. The van der Waals surface area contributed by atoms with Gasteiger partial charge in [-0.25, -0.2) is 13.4 Å². The summed E-state index contributed by atoms with van der Waals surface area (Å²) in [7, 11) is -2.02. The number of hydrogen-bond acceptors (Lipinski definition) is 8. The molecule has 0 unspecified atom stereocenters. The fourth-order valence-corrected chi connectivity index (χ4v) is 3.27. The van der Waals surface area contributed by atoms with Gasteiger partial charge in [0.15, 0.2) is 5.82 Å². The molecule has 12 heteroatoms. The van der Waals surface area contributed by atoms with Crippen molar-refractivity contribution in [2.45, 2.75) is 6.92 Å². The molecule has 3 N–H and O–H groups in total. The number of nitrogens with zero attached hydrogens (tertiary/aromatic N) is 4. The van der Waals surface area contributed by atoms with E-state index < -0.39 is 10.0 Å². The maximum absolute atomic E-state index is 11.7. The molecule has 2 aromatic heterocycles. The molecular formula is C17H20ClN7O3S. The first-order valence-corrected chi connectivity index (χ1v) is 10.8. The summed E-state index contributed by atoms with van der Waals surface area (Å²) in [4.78, 5) is 10.6. The van der Waals surface area contributed by atoms with Crippen LogP contribution in [0.4, 0.5) is 29.0 Å². The number of ether oxygens (including phenoxy) is 1. The first kappa shape index (κ1) is 20.7. The Hall–Kier alpha value is -3.05. The van der Waals surface area contributed by atoms with Crippen LogP contribution in [0.5, 0.6) is 5.75 Å². The number of rotatable bonds is 8. The van der Waals surface area contributed by atoms with E-state index in [9.17, 15) is 8.42 Å². The van der Waals surface area contributed by atoms with Crippen LogP contribution in [-0.2, 0) is 10.0 Å². The molecule has 2 heterocycles. The Morgan fingerprint density at radius 3 is 2.69 bits per heavy atom. The number of methoxy groups -OCH3 is 1. The predicted molar refractivity (Wildman–Crippen MR) is 113 cm³/mol. The highest BCUT2D eigenvalue weighted by atomic mass is 35.5. The second kappa shape index (κ2) is 8.53. The van der Waals surface area contributed by atoms with Crippen molar-refractivity contribution in [2.75, 3.05) is 34.8 Å². The van der Waals surface area contributed by atoms with E-state index in [1.165, 1.54) is 13.3 Å². The molecule has 0 saturated heterocycles. The van der Waals surface area contributed by atoms with Crippen LogP contribution in [0.3, 0.4) is 0 Å². The lowest BCUT2D eigenvalue weighted by Gasteiger charge is -2.20. The van der Waals surface area contributed by atoms with E-state index in [-0.39, 0.29) is 5.02 Å². The maximum atomic E-state index is 11.7. The Morgan fingerprint density at radius 2 is 2.07 bits per heavy atom. The van der Waals surface area contributed by atoms with Crippen molar-refractivity contribution in [3.05, 3.63) is 41.7 Å². The smallest absolute Gasteiger partial charge is 0.233 e. The van der Waals surface area contributed by atoms with Gasteiger partial charge in [0.05, 0.1) is 37.1 Å². The van der Waals surface area contributed by atoms with Gasteiger partial charge >= 0.3 is 0 Å². The van der Waals surface area contributed by atoms with Crippen LogP contribution < -0.4 is 19.7 Å². The number of nitrogens with one attached hydrogen (secondary N) is 3. The van der Waals surface area contributed by atoms with Crippen LogP contribution in [0.2, 0.25) is 5.02 Å². The third-order valence-electron chi connectivity index (χ3n) is 3.84. The fourth-order valence-electron chi connectivity index (χ4n) is 2.56. The molecule has 0 aliphatic carbocycles. The van der Waals surface area contributed by atoms with E-state index in [1.54, 1.807) is 30.5 Å². The molecular weight excluding hydrogens is 418 g/mol. The maximum Gasteiger partial charge on any atom is 0.233 e. The Labute approximate surface area is 173 Å². The van der Waals surface area contributed by atoms with Crippen LogP contribution in [0, 0.1) is 0 Å². The van der Waals surface area contributed by atoms with Gasteiger partial charge in [-0.1, -0.05) is 11.6 Å². The number of halogens is 1. The molecule has 0 spiro atoms. The molecule has 1 aromatic carbocycles. The van der Waals surface area contributed by atoms with Gasteiger partial charge in [0.2, 0.25) is 16.0 Å². The molecule has 0 saturated carbocycles. The normalized spacial score (nSPS) is 11.2. The third-order valence-corrected chi connectivity index (χ3v) is 4.71. The SMILES string of the molecule is CCN(c1ncc(Cl)c(Nc2ccc(OC)cc2NS(C)(=O)=O)n1)c1ccn[nH]1. The summed E-state index contributed by atoms with van der Waals surface area (Å²) >= 11 is 6.27. The lowest BCUT2D eigenvalue weighted by Crippen LogP contribution is -2.19. The second-order valence-corrected chi connectivity index (χ2v) is 8.12. The molecule has 0 bridgehead atoms. The van der Waals surface area contributed by atoms with Crippen LogP contribution in [0.25, 0.3) is 0 Å². The number of aromatic nitrogens is 4. The highest BCUT2D eigenvalue weighted by molar-refractivity contribution is 7.92. The van der Waals surface area contributed by atoms with E-state index in [4.69, 9.17) is 16.3 Å². The van der Waals surface area contributed by atoms with E-state index >= 15 is 0 Å². The van der Waals surface area contributed by atoms with Crippen LogP contribution in [0.1, 0.15) is 6.92 Å². The summed E-state index contributed by atoms with van der Waals surface area (Å²) in [5, 5.41) is 10.2. The highest BCUT2D eigenvalue weighted by Gasteiger charge is 2.16. The largest absolute Gasteiger partial charge is 0.497 e. The van der Waals surface area contributed by atoms with Gasteiger partial charge in [-0.2, -0.15) is 10.1 Å². The molecule has 154 valence electrons. The summed E-state index contributed by atoms with van der Waals surface area (Å²) in [5.41, 5.74) is 0.747. The second-order valence-electron chi connectivity index (χ2n) is 5.96. The van der Waals surface area contributed by atoms with Crippen molar-refractivity contribution in [1.82, 2.24) is 20.2 Å². The molecule has 3 aromatic rings. The summed E-state index contributed by atoms with van der Waals surface area (Å²) < 4.78 is 31.1.